The number of hydrogen-bond acceptors (Lipinski definition) is 2. The van der Waals surface area contributed by atoms with Gasteiger partial charge in [0.15, 0.2) is 0 Å². The molecule has 1 aliphatic carbocycles. The van der Waals surface area contributed by atoms with Gasteiger partial charge in [0.1, 0.15) is 0 Å². The summed E-state index contributed by atoms with van der Waals surface area (Å²) < 4.78 is 0. The van der Waals surface area contributed by atoms with Gasteiger partial charge in [-0.1, -0.05) is 6.08 Å². The number of likely N-dealkylation sites (tertiary alicyclic amines) is 1. The van der Waals surface area contributed by atoms with Gasteiger partial charge in [0, 0.05) is 18.6 Å². The van der Waals surface area contributed by atoms with Gasteiger partial charge in [-0.05, 0) is 38.8 Å². The van der Waals surface area contributed by atoms with E-state index in [0.717, 1.165) is 18.6 Å². The van der Waals surface area contributed by atoms with Crippen molar-refractivity contribution in [3.63, 3.8) is 0 Å². The van der Waals surface area contributed by atoms with Crippen molar-refractivity contribution in [3.8, 4) is 0 Å². The Labute approximate surface area is 81.0 Å². The standard InChI is InChI=1S/C11H20N2/c1-2-7-13-8-5-11(6-9-13)12-10-3-4-10/h2,10-12H,1,3-9H2. The van der Waals surface area contributed by atoms with Crippen LogP contribution in [-0.4, -0.2) is 36.6 Å². The van der Waals surface area contributed by atoms with Gasteiger partial charge in [0.2, 0.25) is 0 Å². The smallest absolute Gasteiger partial charge is 0.0160 e. The van der Waals surface area contributed by atoms with Crippen LogP contribution < -0.4 is 5.32 Å². The van der Waals surface area contributed by atoms with Crippen molar-refractivity contribution in [1.82, 2.24) is 10.2 Å². The van der Waals surface area contributed by atoms with E-state index in [1.807, 2.05) is 6.08 Å². The van der Waals surface area contributed by atoms with Crippen LogP contribution in [-0.2, 0) is 0 Å². The molecular formula is C11H20N2. The van der Waals surface area contributed by atoms with Crippen LogP contribution in [0.5, 0.6) is 0 Å². The van der Waals surface area contributed by atoms with Crippen molar-refractivity contribution in [2.75, 3.05) is 19.6 Å². The third-order valence-corrected chi connectivity index (χ3v) is 3.02. The average Bonchev–Trinajstić information content (AvgIpc) is 2.93. The van der Waals surface area contributed by atoms with Gasteiger partial charge >= 0.3 is 0 Å². The number of rotatable bonds is 4. The summed E-state index contributed by atoms with van der Waals surface area (Å²) in [7, 11) is 0. The molecule has 0 aromatic carbocycles. The molecular weight excluding hydrogens is 160 g/mol. The third-order valence-electron chi connectivity index (χ3n) is 3.02. The van der Waals surface area contributed by atoms with Gasteiger partial charge < -0.3 is 5.32 Å². The Morgan fingerprint density at radius 3 is 2.31 bits per heavy atom. The lowest BCUT2D eigenvalue weighted by molar-refractivity contribution is 0.214. The molecule has 1 heterocycles. The lowest BCUT2D eigenvalue weighted by Crippen LogP contribution is -2.43. The summed E-state index contributed by atoms with van der Waals surface area (Å²) in [6.07, 6.45) is 7.48. The minimum Gasteiger partial charge on any atom is -0.311 e. The minimum absolute atomic E-state index is 0.800. The van der Waals surface area contributed by atoms with Crippen LogP contribution in [0.3, 0.4) is 0 Å². The van der Waals surface area contributed by atoms with Crippen LogP contribution in [0.15, 0.2) is 12.7 Å². The van der Waals surface area contributed by atoms with Crippen LogP contribution in [0, 0.1) is 0 Å². The normalized spacial score (nSPS) is 26.2. The molecule has 0 atom stereocenters. The van der Waals surface area contributed by atoms with E-state index < -0.39 is 0 Å². The van der Waals surface area contributed by atoms with E-state index in [1.165, 1.54) is 38.8 Å². The molecule has 13 heavy (non-hydrogen) atoms. The Hall–Kier alpha value is -0.340. The summed E-state index contributed by atoms with van der Waals surface area (Å²) in [4.78, 5) is 2.48. The fourth-order valence-corrected chi connectivity index (χ4v) is 2.05. The zero-order chi connectivity index (χ0) is 9.10. The van der Waals surface area contributed by atoms with Crippen molar-refractivity contribution >= 4 is 0 Å². The monoisotopic (exact) mass is 180 g/mol. The number of nitrogens with one attached hydrogen (secondary N) is 1. The van der Waals surface area contributed by atoms with Crippen molar-refractivity contribution in [2.45, 2.75) is 37.8 Å². The highest BCUT2D eigenvalue weighted by atomic mass is 15.1. The summed E-state index contributed by atoms with van der Waals surface area (Å²) in [5, 5.41) is 3.70. The topological polar surface area (TPSA) is 15.3 Å². The van der Waals surface area contributed by atoms with Crippen LogP contribution in [0.25, 0.3) is 0 Å². The molecule has 2 aliphatic rings. The zero-order valence-corrected chi connectivity index (χ0v) is 8.34. The second-order valence-electron chi connectivity index (χ2n) is 4.30. The highest BCUT2D eigenvalue weighted by Gasteiger charge is 2.26. The largest absolute Gasteiger partial charge is 0.311 e. The minimum atomic E-state index is 0.800. The first-order valence-corrected chi connectivity index (χ1v) is 5.48. The summed E-state index contributed by atoms with van der Waals surface area (Å²) in [6.45, 7) is 7.33. The van der Waals surface area contributed by atoms with Crippen molar-refractivity contribution in [3.05, 3.63) is 12.7 Å². The SMILES string of the molecule is C=CCN1CCC(NC2CC2)CC1. The van der Waals surface area contributed by atoms with E-state index >= 15 is 0 Å². The molecule has 74 valence electrons. The van der Waals surface area contributed by atoms with E-state index in [0.29, 0.717) is 0 Å². The Morgan fingerprint density at radius 2 is 1.77 bits per heavy atom. The molecule has 2 heteroatoms. The molecule has 0 spiro atoms. The molecule has 2 nitrogen and oxygen atoms in total. The summed E-state index contributed by atoms with van der Waals surface area (Å²) >= 11 is 0. The maximum absolute atomic E-state index is 3.77. The van der Waals surface area contributed by atoms with Crippen LogP contribution in [0.2, 0.25) is 0 Å². The molecule has 2 fully saturated rings. The molecule has 0 unspecified atom stereocenters. The molecule has 0 bridgehead atoms. The van der Waals surface area contributed by atoms with E-state index in [-0.39, 0.29) is 0 Å². The summed E-state index contributed by atoms with van der Waals surface area (Å²) in [5.74, 6) is 0. The highest BCUT2D eigenvalue weighted by Crippen LogP contribution is 2.22. The first-order valence-electron chi connectivity index (χ1n) is 5.48. The lowest BCUT2D eigenvalue weighted by atomic mass is 10.1. The molecule has 1 aliphatic heterocycles. The van der Waals surface area contributed by atoms with Gasteiger partial charge in [-0.2, -0.15) is 0 Å². The first-order chi connectivity index (χ1) is 6.38. The summed E-state index contributed by atoms with van der Waals surface area (Å²) in [5.41, 5.74) is 0. The maximum atomic E-state index is 3.77. The lowest BCUT2D eigenvalue weighted by Gasteiger charge is -2.31. The van der Waals surface area contributed by atoms with Crippen molar-refractivity contribution in [1.29, 1.82) is 0 Å². The van der Waals surface area contributed by atoms with Crippen LogP contribution in [0.4, 0.5) is 0 Å². The third kappa shape index (κ3) is 2.82. The predicted octanol–water partition coefficient (Wildman–Crippen LogP) is 1.39. The molecule has 0 radical (unpaired) electrons. The maximum Gasteiger partial charge on any atom is 0.0160 e. The van der Waals surface area contributed by atoms with E-state index in [2.05, 4.69) is 16.8 Å². The summed E-state index contributed by atoms with van der Waals surface area (Å²) in [6, 6.07) is 1.67. The molecule has 0 amide bonds. The fraction of sp³-hybridized carbons (Fsp3) is 0.818. The quantitative estimate of drug-likeness (QED) is 0.658. The number of nitrogens with zero attached hydrogens (tertiary/aromatic N) is 1. The Bertz CT molecular complexity index is 167. The predicted molar refractivity (Wildman–Crippen MR) is 55.8 cm³/mol. The van der Waals surface area contributed by atoms with E-state index in [9.17, 15) is 0 Å². The molecule has 1 N–H and O–H groups in total. The second kappa shape index (κ2) is 4.25. The Balaban J connectivity index is 1.65. The molecule has 1 saturated heterocycles. The van der Waals surface area contributed by atoms with Crippen molar-refractivity contribution in [2.24, 2.45) is 0 Å². The zero-order valence-electron chi connectivity index (χ0n) is 8.34. The van der Waals surface area contributed by atoms with Gasteiger partial charge in [0.05, 0.1) is 0 Å². The average molecular weight is 180 g/mol. The van der Waals surface area contributed by atoms with Gasteiger partial charge in [-0.25, -0.2) is 0 Å². The second-order valence-corrected chi connectivity index (χ2v) is 4.30. The number of hydrogen-bond donors (Lipinski definition) is 1. The fourth-order valence-electron chi connectivity index (χ4n) is 2.05. The highest BCUT2D eigenvalue weighted by molar-refractivity contribution is 4.88. The van der Waals surface area contributed by atoms with Crippen molar-refractivity contribution < 1.29 is 0 Å². The first kappa shape index (κ1) is 9.22. The molecule has 2 rings (SSSR count). The Kier molecular flexibility index (Phi) is 3.01. The van der Waals surface area contributed by atoms with Gasteiger partial charge in [-0.3, -0.25) is 4.90 Å². The van der Waals surface area contributed by atoms with E-state index in [4.69, 9.17) is 0 Å². The number of piperidine rings is 1. The molecule has 0 aromatic rings. The van der Waals surface area contributed by atoms with Gasteiger partial charge in [-0.15, -0.1) is 6.58 Å². The molecule has 0 aromatic heterocycles. The Morgan fingerprint density at radius 1 is 1.15 bits per heavy atom. The van der Waals surface area contributed by atoms with Crippen LogP contribution >= 0.6 is 0 Å². The van der Waals surface area contributed by atoms with Crippen LogP contribution in [0.1, 0.15) is 25.7 Å². The van der Waals surface area contributed by atoms with E-state index in [1.54, 1.807) is 0 Å². The van der Waals surface area contributed by atoms with Gasteiger partial charge in [0.25, 0.3) is 0 Å². The molecule has 1 saturated carbocycles.